The highest BCUT2D eigenvalue weighted by Gasteiger charge is 2.51. The van der Waals surface area contributed by atoms with Crippen LogP contribution in [0.2, 0.25) is 0 Å². The lowest BCUT2D eigenvalue weighted by atomic mass is 9.95. The molecule has 0 aliphatic carbocycles. The van der Waals surface area contributed by atoms with Gasteiger partial charge in [-0.3, -0.25) is 4.79 Å². The standard InChI is InChI=1S/C24H43NO13/c1-3-4-5-6-7-8-9-35-23-17(25-13(2)27)19(31)22(15(37-23)11-34-12-16(28)29)38-24-21(33)20(32)18(30)14(10-26)36-24/h14-15,17-24,26,30-33H,3-12H2,1-2H3,(H,25,27)(H,28,29)/t14-,15-,17-,18+,19-,20+,21-,22-,23-,24+/m1/s1. The Bertz CT molecular complexity index is 711. The fourth-order valence-corrected chi connectivity index (χ4v) is 4.43. The van der Waals surface area contributed by atoms with Crippen LogP contribution in [0.5, 0.6) is 0 Å². The Balaban J connectivity index is 2.16. The molecule has 14 nitrogen and oxygen atoms in total. The van der Waals surface area contributed by atoms with Crippen molar-refractivity contribution in [3.63, 3.8) is 0 Å². The molecule has 2 rings (SSSR count). The number of hydrogen-bond donors (Lipinski definition) is 7. The molecule has 0 radical (unpaired) electrons. The zero-order valence-corrected chi connectivity index (χ0v) is 21.9. The topological polar surface area (TPSA) is 214 Å². The van der Waals surface area contributed by atoms with Gasteiger partial charge >= 0.3 is 5.97 Å². The molecule has 0 saturated carbocycles. The van der Waals surface area contributed by atoms with Crippen LogP contribution in [0.3, 0.4) is 0 Å². The van der Waals surface area contributed by atoms with Crippen molar-refractivity contribution in [2.75, 3.05) is 26.4 Å². The number of carbonyl (C=O) groups is 2. The molecule has 2 fully saturated rings. The Kier molecular flexibility index (Phi) is 14.3. The van der Waals surface area contributed by atoms with Crippen molar-refractivity contribution in [3.8, 4) is 0 Å². The lowest BCUT2D eigenvalue weighted by Gasteiger charge is -2.47. The molecule has 2 saturated heterocycles. The summed E-state index contributed by atoms with van der Waals surface area (Å²) < 4.78 is 28.1. The zero-order chi connectivity index (χ0) is 28.2. The molecule has 0 spiro atoms. The van der Waals surface area contributed by atoms with Crippen LogP contribution in [0.4, 0.5) is 0 Å². The van der Waals surface area contributed by atoms with Gasteiger partial charge in [0.2, 0.25) is 5.91 Å². The zero-order valence-electron chi connectivity index (χ0n) is 21.9. The van der Waals surface area contributed by atoms with Gasteiger partial charge in [-0.05, 0) is 6.42 Å². The molecule has 0 unspecified atom stereocenters. The summed E-state index contributed by atoms with van der Waals surface area (Å²) in [6.07, 6.45) is -7.05. The van der Waals surface area contributed by atoms with Gasteiger partial charge in [-0.15, -0.1) is 0 Å². The summed E-state index contributed by atoms with van der Waals surface area (Å²) in [5.41, 5.74) is 0. The molecule has 0 aromatic heterocycles. The first-order valence-electron chi connectivity index (χ1n) is 13.1. The summed E-state index contributed by atoms with van der Waals surface area (Å²) in [7, 11) is 0. The number of nitrogens with one attached hydrogen (secondary N) is 1. The van der Waals surface area contributed by atoms with Gasteiger partial charge in [-0.25, -0.2) is 4.79 Å². The Morgan fingerprint density at radius 1 is 0.868 bits per heavy atom. The van der Waals surface area contributed by atoms with Gasteiger partial charge in [-0.1, -0.05) is 39.0 Å². The molecule has 38 heavy (non-hydrogen) atoms. The Morgan fingerprint density at radius 3 is 2.16 bits per heavy atom. The van der Waals surface area contributed by atoms with E-state index in [1.807, 2.05) is 0 Å². The van der Waals surface area contributed by atoms with Gasteiger partial charge in [-0.2, -0.15) is 0 Å². The van der Waals surface area contributed by atoms with E-state index in [4.69, 9.17) is 28.8 Å². The smallest absolute Gasteiger partial charge is 0.329 e. The lowest BCUT2D eigenvalue weighted by molar-refractivity contribution is -0.349. The van der Waals surface area contributed by atoms with Crippen LogP contribution in [-0.4, -0.2) is 130 Å². The van der Waals surface area contributed by atoms with Crippen molar-refractivity contribution < 1.29 is 63.9 Å². The summed E-state index contributed by atoms with van der Waals surface area (Å²) in [4.78, 5) is 22.8. The summed E-state index contributed by atoms with van der Waals surface area (Å²) >= 11 is 0. The fourth-order valence-electron chi connectivity index (χ4n) is 4.43. The molecule has 0 bridgehead atoms. The van der Waals surface area contributed by atoms with Crippen molar-refractivity contribution in [1.29, 1.82) is 0 Å². The number of rotatable bonds is 16. The second-order valence-corrected chi connectivity index (χ2v) is 9.61. The quantitative estimate of drug-likeness (QED) is 0.106. The maximum absolute atomic E-state index is 11.9. The highest BCUT2D eigenvalue weighted by molar-refractivity contribution is 5.73. The van der Waals surface area contributed by atoms with Crippen molar-refractivity contribution in [1.82, 2.24) is 5.32 Å². The predicted octanol–water partition coefficient (Wildman–Crippen LogP) is -1.76. The minimum absolute atomic E-state index is 0.278. The molecule has 0 aromatic rings. The average Bonchev–Trinajstić information content (AvgIpc) is 2.87. The lowest BCUT2D eigenvalue weighted by Crippen LogP contribution is -2.67. The normalized spacial score (nSPS) is 35.7. The largest absolute Gasteiger partial charge is 0.480 e. The molecule has 2 heterocycles. The van der Waals surface area contributed by atoms with Crippen molar-refractivity contribution >= 4 is 11.9 Å². The third-order valence-electron chi connectivity index (χ3n) is 6.47. The number of amides is 1. The van der Waals surface area contributed by atoms with Crippen LogP contribution in [-0.2, 0) is 33.3 Å². The molecular formula is C24H43NO13. The number of unbranched alkanes of at least 4 members (excludes halogenated alkanes) is 5. The van der Waals surface area contributed by atoms with Crippen LogP contribution in [0, 0.1) is 0 Å². The van der Waals surface area contributed by atoms with Crippen LogP contribution < -0.4 is 5.32 Å². The van der Waals surface area contributed by atoms with E-state index in [1.54, 1.807) is 0 Å². The van der Waals surface area contributed by atoms with Crippen molar-refractivity contribution in [2.45, 2.75) is 114 Å². The molecule has 7 N–H and O–H groups in total. The Morgan fingerprint density at radius 2 is 1.53 bits per heavy atom. The van der Waals surface area contributed by atoms with Crippen LogP contribution >= 0.6 is 0 Å². The number of aliphatic hydroxyl groups is 5. The van der Waals surface area contributed by atoms with E-state index < -0.39 is 86.4 Å². The molecule has 0 aromatic carbocycles. The van der Waals surface area contributed by atoms with Gasteiger partial charge in [0.05, 0.1) is 13.2 Å². The van der Waals surface area contributed by atoms with E-state index in [0.29, 0.717) is 0 Å². The minimum Gasteiger partial charge on any atom is -0.480 e. The predicted molar refractivity (Wildman–Crippen MR) is 129 cm³/mol. The summed E-state index contributed by atoms with van der Waals surface area (Å²) in [6.45, 7) is 1.93. The number of aliphatic carboxylic acids is 1. The average molecular weight is 554 g/mol. The fraction of sp³-hybridized carbons (Fsp3) is 0.917. The number of ether oxygens (including phenoxy) is 5. The van der Waals surface area contributed by atoms with Gasteiger partial charge in [0.1, 0.15) is 55.4 Å². The Hall–Kier alpha value is -1.46. The highest BCUT2D eigenvalue weighted by Crippen LogP contribution is 2.30. The number of carbonyl (C=O) groups excluding carboxylic acids is 1. The second kappa shape index (κ2) is 16.6. The molecule has 14 heteroatoms. The maximum atomic E-state index is 11.9. The molecule has 2 aliphatic rings. The van der Waals surface area contributed by atoms with E-state index in [1.165, 1.54) is 6.92 Å². The SMILES string of the molecule is CCCCCCCCO[C@@H]1O[C@H](COCC(=O)O)[C@@H](O[C@@H]2O[C@H](CO)[C@H](O)[C@H](O)[C@H]2O)[C@H](O)[C@H]1NC(C)=O. The first-order valence-corrected chi connectivity index (χ1v) is 13.1. The van der Waals surface area contributed by atoms with Crippen LogP contribution in [0.1, 0.15) is 52.4 Å². The number of hydrogen-bond acceptors (Lipinski definition) is 12. The minimum atomic E-state index is -1.76. The van der Waals surface area contributed by atoms with Crippen LogP contribution in [0.25, 0.3) is 0 Å². The third-order valence-corrected chi connectivity index (χ3v) is 6.47. The van der Waals surface area contributed by atoms with Gasteiger partial charge in [0.15, 0.2) is 12.6 Å². The number of carboxylic acids is 1. The van der Waals surface area contributed by atoms with Crippen LogP contribution in [0.15, 0.2) is 0 Å². The molecule has 222 valence electrons. The van der Waals surface area contributed by atoms with Crippen molar-refractivity contribution in [3.05, 3.63) is 0 Å². The molecule has 2 aliphatic heterocycles. The van der Waals surface area contributed by atoms with Gasteiger partial charge in [0, 0.05) is 13.5 Å². The van der Waals surface area contributed by atoms with E-state index >= 15 is 0 Å². The van der Waals surface area contributed by atoms with Crippen molar-refractivity contribution in [2.24, 2.45) is 0 Å². The second-order valence-electron chi connectivity index (χ2n) is 9.61. The van der Waals surface area contributed by atoms with Gasteiger partial charge < -0.3 is 59.6 Å². The van der Waals surface area contributed by atoms with E-state index in [2.05, 4.69) is 12.2 Å². The summed E-state index contributed by atoms with van der Waals surface area (Å²) in [6, 6.07) is -1.11. The van der Waals surface area contributed by atoms with E-state index in [9.17, 15) is 35.1 Å². The number of carboxylic acid groups (broad SMARTS) is 1. The monoisotopic (exact) mass is 553 g/mol. The summed E-state index contributed by atoms with van der Waals surface area (Å²) in [5.74, 6) is -1.72. The number of aliphatic hydroxyl groups excluding tert-OH is 5. The molecular weight excluding hydrogens is 510 g/mol. The molecule has 1 amide bonds. The van der Waals surface area contributed by atoms with Gasteiger partial charge in [0.25, 0.3) is 0 Å². The van der Waals surface area contributed by atoms with E-state index in [-0.39, 0.29) is 13.2 Å². The highest BCUT2D eigenvalue weighted by atomic mass is 16.7. The Labute approximate surface area is 221 Å². The maximum Gasteiger partial charge on any atom is 0.329 e. The first-order chi connectivity index (χ1) is 18.1. The molecule has 10 atom stereocenters. The first kappa shape index (κ1) is 32.8. The third kappa shape index (κ3) is 9.62. The van der Waals surface area contributed by atoms with E-state index in [0.717, 1.165) is 38.5 Å². The summed E-state index contributed by atoms with van der Waals surface area (Å²) in [5, 5.41) is 62.7.